The molecule has 1 spiro atoms. The van der Waals surface area contributed by atoms with Crippen molar-refractivity contribution in [3.05, 3.63) is 35.4 Å². The third-order valence-corrected chi connectivity index (χ3v) is 7.57. The predicted octanol–water partition coefficient (Wildman–Crippen LogP) is 2.95. The summed E-state index contributed by atoms with van der Waals surface area (Å²) in [6.07, 6.45) is 3.77. The lowest BCUT2D eigenvalue weighted by Crippen LogP contribution is -2.47. The van der Waals surface area contributed by atoms with Gasteiger partial charge in [0, 0.05) is 18.5 Å². The van der Waals surface area contributed by atoms with Gasteiger partial charge in [0.1, 0.15) is 0 Å². The van der Waals surface area contributed by atoms with Crippen LogP contribution < -0.4 is 0 Å². The molecular weight excluding hydrogens is 282 g/mol. The van der Waals surface area contributed by atoms with E-state index in [0.717, 1.165) is 19.3 Å². The van der Waals surface area contributed by atoms with Gasteiger partial charge in [-0.2, -0.15) is 0 Å². The summed E-state index contributed by atoms with van der Waals surface area (Å²) in [4.78, 5) is 0. The van der Waals surface area contributed by atoms with Crippen molar-refractivity contribution in [2.75, 3.05) is 18.8 Å². The molecule has 1 aliphatic heterocycles. The van der Waals surface area contributed by atoms with E-state index in [0.29, 0.717) is 25.4 Å². The van der Waals surface area contributed by atoms with Crippen LogP contribution >= 0.6 is 0 Å². The van der Waals surface area contributed by atoms with Crippen LogP contribution in [0, 0.1) is 5.92 Å². The molecule has 3 nitrogen and oxygen atoms in total. The third-order valence-electron chi connectivity index (χ3n) is 5.49. The second-order valence-electron chi connectivity index (χ2n) is 6.63. The Morgan fingerprint density at radius 1 is 1.24 bits per heavy atom. The van der Waals surface area contributed by atoms with Crippen molar-refractivity contribution in [1.29, 1.82) is 0 Å². The number of fused-ring (bicyclic) bond motifs is 2. The van der Waals surface area contributed by atoms with Crippen molar-refractivity contribution in [2.24, 2.45) is 5.92 Å². The van der Waals surface area contributed by atoms with Crippen LogP contribution in [0.25, 0.3) is 0 Å². The summed E-state index contributed by atoms with van der Waals surface area (Å²) >= 11 is 0. The maximum absolute atomic E-state index is 12.2. The number of hydrogen-bond acceptors (Lipinski definition) is 2. The normalized spacial score (nSPS) is 25.1. The van der Waals surface area contributed by atoms with Gasteiger partial charge in [-0.1, -0.05) is 38.1 Å². The molecule has 1 aromatic rings. The van der Waals surface area contributed by atoms with Gasteiger partial charge in [0.15, 0.2) is 0 Å². The zero-order valence-corrected chi connectivity index (χ0v) is 13.8. The standard InChI is InChI=1S/C17H25NO2S/c1-3-12-21(19,20)18-10-8-17(9-11-18)14(2)13-15-6-4-5-7-16(15)17/h4-7,14H,3,8-13H2,1-2H3. The molecule has 116 valence electrons. The lowest BCUT2D eigenvalue weighted by atomic mass is 9.69. The highest BCUT2D eigenvalue weighted by Gasteiger charge is 2.47. The fourth-order valence-corrected chi connectivity index (χ4v) is 5.80. The topological polar surface area (TPSA) is 37.4 Å². The molecule has 1 saturated heterocycles. The molecule has 21 heavy (non-hydrogen) atoms. The number of piperidine rings is 1. The van der Waals surface area contributed by atoms with E-state index in [2.05, 4.69) is 31.2 Å². The van der Waals surface area contributed by atoms with Crippen LogP contribution in [-0.4, -0.2) is 31.6 Å². The van der Waals surface area contributed by atoms with Crippen LogP contribution in [0.3, 0.4) is 0 Å². The Balaban J connectivity index is 1.82. The molecule has 1 fully saturated rings. The van der Waals surface area contributed by atoms with E-state index in [-0.39, 0.29) is 11.2 Å². The molecule has 0 amide bonds. The van der Waals surface area contributed by atoms with Crippen molar-refractivity contribution >= 4 is 10.0 Å². The SMILES string of the molecule is CCCS(=O)(=O)N1CCC2(CC1)c1ccccc1CC2C. The van der Waals surface area contributed by atoms with Gasteiger partial charge in [-0.25, -0.2) is 12.7 Å². The summed E-state index contributed by atoms with van der Waals surface area (Å²) in [5, 5.41) is 0. The van der Waals surface area contributed by atoms with Gasteiger partial charge in [0.25, 0.3) is 0 Å². The number of sulfonamides is 1. The van der Waals surface area contributed by atoms with E-state index < -0.39 is 10.0 Å². The molecule has 1 heterocycles. The second-order valence-corrected chi connectivity index (χ2v) is 8.72. The molecule has 0 N–H and O–H groups in total. The number of hydrogen-bond donors (Lipinski definition) is 0. The van der Waals surface area contributed by atoms with Crippen LogP contribution in [0.1, 0.15) is 44.2 Å². The minimum absolute atomic E-state index is 0.203. The average molecular weight is 307 g/mol. The Labute approximate surface area is 128 Å². The number of rotatable bonds is 3. The number of benzene rings is 1. The molecule has 1 aromatic carbocycles. The van der Waals surface area contributed by atoms with Gasteiger partial charge in [0.05, 0.1) is 5.75 Å². The third kappa shape index (κ3) is 2.42. The highest BCUT2D eigenvalue weighted by Crippen LogP contribution is 2.49. The molecule has 2 aliphatic rings. The van der Waals surface area contributed by atoms with E-state index in [9.17, 15) is 8.42 Å². The summed E-state index contributed by atoms with van der Waals surface area (Å²) in [7, 11) is -3.04. The zero-order chi connectivity index (χ0) is 15.1. The van der Waals surface area contributed by atoms with Crippen molar-refractivity contribution in [3.8, 4) is 0 Å². The first kappa shape index (κ1) is 15.0. The minimum atomic E-state index is -3.04. The van der Waals surface area contributed by atoms with Crippen molar-refractivity contribution < 1.29 is 8.42 Å². The average Bonchev–Trinajstić information content (AvgIpc) is 2.73. The van der Waals surface area contributed by atoms with Crippen LogP contribution in [0.4, 0.5) is 0 Å². The van der Waals surface area contributed by atoms with Crippen molar-refractivity contribution in [2.45, 2.75) is 44.9 Å². The Morgan fingerprint density at radius 3 is 2.57 bits per heavy atom. The van der Waals surface area contributed by atoms with E-state index >= 15 is 0 Å². The molecule has 1 atom stereocenters. The molecule has 0 aromatic heterocycles. The lowest BCUT2D eigenvalue weighted by Gasteiger charge is -2.42. The second kappa shape index (κ2) is 5.40. The summed E-state index contributed by atoms with van der Waals surface area (Å²) in [6.45, 7) is 5.62. The summed E-state index contributed by atoms with van der Waals surface area (Å²) in [6, 6.07) is 8.74. The fraction of sp³-hybridized carbons (Fsp3) is 0.647. The van der Waals surface area contributed by atoms with Crippen LogP contribution in [0.2, 0.25) is 0 Å². The van der Waals surface area contributed by atoms with Gasteiger partial charge in [-0.05, 0) is 42.7 Å². The molecule has 1 unspecified atom stereocenters. The molecule has 0 radical (unpaired) electrons. The quantitative estimate of drug-likeness (QED) is 0.861. The van der Waals surface area contributed by atoms with E-state index in [1.807, 2.05) is 6.92 Å². The van der Waals surface area contributed by atoms with Crippen molar-refractivity contribution in [3.63, 3.8) is 0 Å². The fourth-order valence-electron chi connectivity index (χ4n) is 4.29. The summed E-state index contributed by atoms with van der Waals surface area (Å²) < 4.78 is 26.2. The first-order chi connectivity index (χ1) is 9.99. The van der Waals surface area contributed by atoms with Crippen molar-refractivity contribution in [1.82, 2.24) is 4.31 Å². The molecule has 1 aliphatic carbocycles. The monoisotopic (exact) mass is 307 g/mol. The predicted molar refractivity (Wildman–Crippen MR) is 85.9 cm³/mol. The molecule has 4 heteroatoms. The Kier molecular flexibility index (Phi) is 3.87. The highest BCUT2D eigenvalue weighted by molar-refractivity contribution is 7.89. The van der Waals surface area contributed by atoms with E-state index in [1.165, 1.54) is 11.1 Å². The Morgan fingerprint density at radius 2 is 1.90 bits per heavy atom. The maximum atomic E-state index is 12.2. The van der Waals surface area contributed by atoms with Gasteiger partial charge in [-0.3, -0.25) is 0 Å². The Bertz CT molecular complexity index is 615. The first-order valence-corrected chi connectivity index (χ1v) is 9.67. The smallest absolute Gasteiger partial charge is 0.212 e. The lowest BCUT2D eigenvalue weighted by molar-refractivity contribution is 0.184. The molecule has 0 saturated carbocycles. The number of nitrogens with zero attached hydrogens (tertiary/aromatic N) is 1. The highest BCUT2D eigenvalue weighted by atomic mass is 32.2. The van der Waals surface area contributed by atoms with Gasteiger partial charge >= 0.3 is 0 Å². The van der Waals surface area contributed by atoms with E-state index in [4.69, 9.17) is 0 Å². The minimum Gasteiger partial charge on any atom is -0.212 e. The van der Waals surface area contributed by atoms with Crippen LogP contribution in [0.5, 0.6) is 0 Å². The van der Waals surface area contributed by atoms with Gasteiger partial charge < -0.3 is 0 Å². The zero-order valence-electron chi connectivity index (χ0n) is 13.0. The largest absolute Gasteiger partial charge is 0.214 e. The van der Waals surface area contributed by atoms with Gasteiger partial charge in [0.2, 0.25) is 10.0 Å². The van der Waals surface area contributed by atoms with Crippen LogP contribution in [0.15, 0.2) is 24.3 Å². The molecule has 0 bridgehead atoms. The summed E-state index contributed by atoms with van der Waals surface area (Å²) in [5.74, 6) is 0.900. The van der Waals surface area contributed by atoms with Crippen LogP contribution in [-0.2, 0) is 21.9 Å². The van der Waals surface area contributed by atoms with E-state index in [1.54, 1.807) is 4.31 Å². The molecule has 3 rings (SSSR count). The summed E-state index contributed by atoms with van der Waals surface area (Å²) in [5.41, 5.74) is 3.15. The first-order valence-electron chi connectivity index (χ1n) is 8.06. The maximum Gasteiger partial charge on any atom is 0.214 e. The Hall–Kier alpha value is -0.870. The molecular formula is C17H25NO2S. The van der Waals surface area contributed by atoms with Gasteiger partial charge in [-0.15, -0.1) is 0 Å².